The van der Waals surface area contributed by atoms with Gasteiger partial charge in [0.1, 0.15) is 0 Å². The molecule has 0 atom stereocenters. The van der Waals surface area contributed by atoms with Crippen molar-refractivity contribution in [3.8, 4) is 0 Å². The van der Waals surface area contributed by atoms with E-state index in [2.05, 4.69) is 25.9 Å². The second-order valence-corrected chi connectivity index (χ2v) is 7.55. The summed E-state index contributed by atoms with van der Waals surface area (Å²) in [4.78, 5) is 35.9. The Morgan fingerprint density at radius 2 is 1.71 bits per heavy atom. The predicted octanol–water partition coefficient (Wildman–Crippen LogP) is 3.32. The predicted molar refractivity (Wildman–Crippen MR) is 112 cm³/mol. The zero-order valence-corrected chi connectivity index (χ0v) is 16.7. The number of H-pyrrole nitrogens is 1. The smallest absolute Gasteiger partial charge is 0.254 e. The SMILES string of the molecule is O=C(/C=C/c1ccc(Br)cc1)N1CCN(C(=O)c2ccc3nc[nH]c3c2)CC1. The third-order valence-corrected chi connectivity index (χ3v) is 5.36. The van der Waals surface area contributed by atoms with Gasteiger partial charge in [0.15, 0.2) is 0 Å². The Labute approximate surface area is 171 Å². The molecule has 3 aromatic rings. The first-order chi connectivity index (χ1) is 13.6. The van der Waals surface area contributed by atoms with Crippen molar-refractivity contribution < 1.29 is 9.59 Å². The number of nitrogens with one attached hydrogen (secondary N) is 1. The number of amides is 2. The number of aromatic amines is 1. The van der Waals surface area contributed by atoms with Gasteiger partial charge < -0.3 is 14.8 Å². The van der Waals surface area contributed by atoms with Gasteiger partial charge in [-0.05, 0) is 42.0 Å². The monoisotopic (exact) mass is 438 g/mol. The fraction of sp³-hybridized carbons (Fsp3) is 0.190. The lowest BCUT2D eigenvalue weighted by Gasteiger charge is -2.34. The van der Waals surface area contributed by atoms with Gasteiger partial charge in [-0.3, -0.25) is 9.59 Å². The standard InChI is InChI=1S/C21H19BrN4O2/c22-17-5-1-15(2-6-17)3-8-20(27)25-9-11-26(12-10-25)21(28)16-4-7-18-19(13-16)24-14-23-18/h1-8,13-14H,9-12H2,(H,23,24)/b8-3+. The lowest BCUT2D eigenvalue weighted by molar-refractivity contribution is -0.127. The van der Waals surface area contributed by atoms with Crippen molar-refractivity contribution in [2.24, 2.45) is 0 Å². The number of hydrogen-bond donors (Lipinski definition) is 1. The third kappa shape index (κ3) is 3.99. The van der Waals surface area contributed by atoms with Gasteiger partial charge in [-0.25, -0.2) is 4.98 Å². The summed E-state index contributed by atoms with van der Waals surface area (Å²) in [5.41, 5.74) is 3.29. The molecule has 0 aliphatic carbocycles. The van der Waals surface area contributed by atoms with Crippen LogP contribution in [0.25, 0.3) is 17.1 Å². The minimum absolute atomic E-state index is 0.0194. The van der Waals surface area contributed by atoms with Gasteiger partial charge in [0.25, 0.3) is 5.91 Å². The first kappa shape index (κ1) is 18.4. The Kier molecular flexibility index (Phi) is 5.25. The molecule has 2 heterocycles. The number of carbonyl (C=O) groups is 2. The van der Waals surface area contributed by atoms with Crippen molar-refractivity contribution >= 4 is 44.9 Å². The van der Waals surface area contributed by atoms with Crippen molar-refractivity contribution in [3.63, 3.8) is 0 Å². The Balaban J connectivity index is 1.35. The zero-order chi connectivity index (χ0) is 19.5. The zero-order valence-electron chi connectivity index (χ0n) is 15.1. The van der Waals surface area contributed by atoms with E-state index in [-0.39, 0.29) is 11.8 Å². The first-order valence-electron chi connectivity index (χ1n) is 9.05. The quantitative estimate of drug-likeness (QED) is 0.637. The molecule has 1 aliphatic heterocycles. The highest BCUT2D eigenvalue weighted by Gasteiger charge is 2.24. The van der Waals surface area contributed by atoms with Crippen molar-refractivity contribution in [2.75, 3.05) is 26.2 Å². The molecule has 4 rings (SSSR count). The lowest BCUT2D eigenvalue weighted by Crippen LogP contribution is -2.50. The highest BCUT2D eigenvalue weighted by atomic mass is 79.9. The number of rotatable bonds is 3. The van der Waals surface area contributed by atoms with Crippen molar-refractivity contribution in [1.82, 2.24) is 19.8 Å². The molecule has 28 heavy (non-hydrogen) atoms. The summed E-state index contributed by atoms with van der Waals surface area (Å²) in [5, 5.41) is 0. The molecule has 1 aliphatic rings. The normalized spacial score (nSPS) is 14.8. The van der Waals surface area contributed by atoms with E-state index in [4.69, 9.17) is 0 Å². The van der Waals surface area contributed by atoms with Crippen LogP contribution in [0.1, 0.15) is 15.9 Å². The molecule has 2 aromatic carbocycles. The number of piperazine rings is 1. The molecule has 7 heteroatoms. The molecule has 0 unspecified atom stereocenters. The van der Waals surface area contributed by atoms with Crippen molar-refractivity contribution in [1.29, 1.82) is 0 Å². The van der Waals surface area contributed by atoms with Crippen LogP contribution >= 0.6 is 15.9 Å². The molecule has 142 valence electrons. The number of halogens is 1. The van der Waals surface area contributed by atoms with Crippen molar-refractivity contribution in [3.05, 3.63) is 70.5 Å². The first-order valence-corrected chi connectivity index (χ1v) is 9.84. The molecule has 0 radical (unpaired) electrons. The maximum absolute atomic E-state index is 12.8. The summed E-state index contributed by atoms with van der Waals surface area (Å²) < 4.78 is 1.00. The van der Waals surface area contributed by atoms with E-state index in [1.54, 1.807) is 28.3 Å². The van der Waals surface area contributed by atoms with Gasteiger partial charge in [0.2, 0.25) is 5.91 Å². The van der Waals surface area contributed by atoms with Crippen molar-refractivity contribution in [2.45, 2.75) is 0 Å². The Bertz CT molecular complexity index is 1030. The number of imidazole rings is 1. The summed E-state index contributed by atoms with van der Waals surface area (Å²) >= 11 is 3.40. The van der Waals surface area contributed by atoms with Gasteiger partial charge in [0, 0.05) is 42.3 Å². The molecule has 2 amide bonds. The Morgan fingerprint density at radius 1 is 1.00 bits per heavy atom. The van der Waals surface area contributed by atoms with Gasteiger partial charge in [-0.1, -0.05) is 28.1 Å². The van der Waals surface area contributed by atoms with Gasteiger partial charge in [-0.15, -0.1) is 0 Å². The summed E-state index contributed by atoms with van der Waals surface area (Å²) in [5.74, 6) is -0.0529. The van der Waals surface area contributed by atoms with E-state index in [9.17, 15) is 9.59 Å². The molecule has 0 bridgehead atoms. The van der Waals surface area contributed by atoms with Crippen LogP contribution in [-0.4, -0.2) is 57.8 Å². The summed E-state index contributed by atoms with van der Waals surface area (Å²) in [7, 11) is 0. The van der Waals surface area contributed by atoms with E-state index < -0.39 is 0 Å². The van der Waals surface area contributed by atoms with E-state index in [1.807, 2.05) is 42.5 Å². The minimum Gasteiger partial charge on any atom is -0.345 e. The van der Waals surface area contributed by atoms with Crippen LogP contribution in [0.5, 0.6) is 0 Å². The molecule has 1 N–H and O–H groups in total. The van der Waals surface area contributed by atoms with Gasteiger partial charge in [0.05, 0.1) is 17.4 Å². The number of aromatic nitrogens is 2. The average Bonchev–Trinajstić information content (AvgIpc) is 3.20. The Morgan fingerprint density at radius 3 is 2.46 bits per heavy atom. The number of benzene rings is 2. The number of carbonyl (C=O) groups excluding carboxylic acids is 2. The van der Waals surface area contributed by atoms with Crippen LogP contribution in [0, 0.1) is 0 Å². The molecule has 1 saturated heterocycles. The molecule has 0 spiro atoms. The maximum Gasteiger partial charge on any atom is 0.254 e. The highest BCUT2D eigenvalue weighted by molar-refractivity contribution is 9.10. The molecule has 0 saturated carbocycles. The van der Waals surface area contributed by atoms with Crippen LogP contribution in [0.4, 0.5) is 0 Å². The molecular formula is C21H19BrN4O2. The van der Waals surface area contributed by atoms with E-state index in [0.717, 1.165) is 21.1 Å². The molecule has 6 nitrogen and oxygen atoms in total. The maximum atomic E-state index is 12.8. The van der Waals surface area contributed by atoms with Gasteiger partial charge >= 0.3 is 0 Å². The highest BCUT2D eigenvalue weighted by Crippen LogP contribution is 2.15. The minimum atomic E-state index is -0.0334. The van der Waals surface area contributed by atoms with Crippen LogP contribution in [-0.2, 0) is 4.79 Å². The van der Waals surface area contributed by atoms with E-state index in [1.165, 1.54) is 0 Å². The Hall–Kier alpha value is -2.93. The van der Waals surface area contributed by atoms with Crippen LogP contribution in [0.2, 0.25) is 0 Å². The van der Waals surface area contributed by atoms with Crippen LogP contribution in [0.3, 0.4) is 0 Å². The summed E-state index contributed by atoms with van der Waals surface area (Å²) in [6.07, 6.45) is 5.02. The second-order valence-electron chi connectivity index (χ2n) is 6.64. The number of nitrogens with zero attached hydrogens (tertiary/aromatic N) is 3. The largest absolute Gasteiger partial charge is 0.345 e. The van der Waals surface area contributed by atoms with Gasteiger partial charge in [-0.2, -0.15) is 0 Å². The third-order valence-electron chi connectivity index (χ3n) is 4.83. The average molecular weight is 439 g/mol. The number of hydrogen-bond acceptors (Lipinski definition) is 3. The topological polar surface area (TPSA) is 69.3 Å². The molecular weight excluding hydrogens is 420 g/mol. The van der Waals surface area contributed by atoms with E-state index >= 15 is 0 Å². The fourth-order valence-electron chi connectivity index (χ4n) is 3.23. The summed E-state index contributed by atoms with van der Waals surface area (Å²) in [6.45, 7) is 2.11. The van der Waals surface area contributed by atoms with Crippen LogP contribution in [0.15, 0.2) is 59.3 Å². The van der Waals surface area contributed by atoms with Crippen LogP contribution < -0.4 is 0 Å². The fourth-order valence-corrected chi connectivity index (χ4v) is 3.49. The number of fused-ring (bicyclic) bond motifs is 1. The molecule has 1 aromatic heterocycles. The molecule has 1 fully saturated rings. The second kappa shape index (κ2) is 7.98. The van der Waals surface area contributed by atoms with E-state index in [0.29, 0.717) is 31.7 Å². The summed E-state index contributed by atoms with van der Waals surface area (Å²) in [6, 6.07) is 13.2. The lowest BCUT2D eigenvalue weighted by atomic mass is 10.1.